The number of hydrogen-bond donors (Lipinski definition) is 0. The Labute approximate surface area is 144 Å². The van der Waals surface area contributed by atoms with E-state index in [2.05, 4.69) is 0 Å². The topological polar surface area (TPSA) is 34.1 Å². The molecule has 1 aliphatic carbocycles. The molecule has 0 bridgehead atoms. The van der Waals surface area contributed by atoms with Gasteiger partial charge in [0.2, 0.25) is 0 Å². The van der Waals surface area contributed by atoms with Gasteiger partial charge in [0.05, 0.1) is 16.2 Å². The summed E-state index contributed by atoms with van der Waals surface area (Å²) in [4.78, 5) is 27.5. The number of hydrogen-bond acceptors (Lipinski definition) is 4. The molecule has 1 aliphatic rings. The quantitative estimate of drug-likeness (QED) is 0.738. The van der Waals surface area contributed by atoms with Gasteiger partial charge in [0, 0.05) is 9.79 Å². The van der Waals surface area contributed by atoms with Crippen LogP contribution in [0, 0.1) is 13.8 Å². The molecular formula is C19H16O2S2. The highest BCUT2D eigenvalue weighted by molar-refractivity contribution is 8.08. The Balaban J connectivity index is 1.90. The molecule has 0 saturated carbocycles. The summed E-state index contributed by atoms with van der Waals surface area (Å²) < 4.78 is 0. The highest BCUT2D eigenvalue weighted by atomic mass is 32.2. The maximum atomic E-state index is 12.2. The van der Waals surface area contributed by atoms with Crippen molar-refractivity contribution in [2.45, 2.75) is 30.1 Å². The van der Waals surface area contributed by atoms with E-state index in [1.807, 2.05) is 62.4 Å². The van der Waals surface area contributed by atoms with E-state index in [1.54, 1.807) is 0 Å². The molecule has 0 radical (unpaired) electrons. The van der Waals surface area contributed by atoms with Gasteiger partial charge in [-0.15, -0.1) is 0 Å². The van der Waals surface area contributed by atoms with Gasteiger partial charge in [0.15, 0.2) is 11.6 Å². The molecule has 4 heteroatoms. The molecule has 23 heavy (non-hydrogen) atoms. The van der Waals surface area contributed by atoms with E-state index < -0.39 is 0 Å². The number of carbonyl (C=O) groups is 2. The minimum Gasteiger partial charge on any atom is -0.293 e. The molecule has 0 N–H and O–H groups in total. The van der Waals surface area contributed by atoms with Crippen molar-refractivity contribution in [1.82, 2.24) is 0 Å². The van der Waals surface area contributed by atoms with Crippen molar-refractivity contribution < 1.29 is 9.59 Å². The minimum atomic E-state index is -0.0739. The zero-order valence-electron chi connectivity index (χ0n) is 13.0. The number of allylic oxidation sites excluding steroid dienone is 2. The van der Waals surface area contributed by atoms with Crippen LogP contribution in [0.15, 0.2) is 68.1 Å². The molecule has 2 nitrogen and oxygen atoms in total. The molecule has 0 heterocycles. The second-order valence-electron chi connectivity index (χ2n) is 5.51. The minimum absolute atomic E-state index is 0.0115. The Morgan fingerprint density at radius 3 is 1.35 bits per heavy atom. The van der Waals surface area contributed by atoms with Crippen molar-refractivity contribution in [2.75, 3.05) is 0 Å². The van der Waals surface area contributed by atoms with Gasteiger partial charge in [-0.3, -0.25) is 9.59 Å². The predicted molar refractivity (Wildman–Crippen MR) is 95.7 cm³/mol. The smallest absolute Gasteiger partial charge is 0.178 e. The number of aryl methyl sites for hydroxylation is 2. The summed E-state index contributed by atoms with van der Waals surface area (Å²) in [6, 6.07) is 16.0. The van der Waals surface area contributed by atoms with Crippen molar-refractivity contribution in [2.24, 2.45) is 0 Å². The van der Waals surface area contributed by atoms with Crippen LogP contribution in [0.3, 0.4) is 0 Å². The molecule has 0 atom stereocenters. The fourth-order valence-corrected chi connectivity index (χ4v) is 4.27. The second kappa shape index (κ2) is 6.77. The zero-order valence-corrected chi connectivity index (χ0v) is 14.6. The Bertz CT molecular complexity index is 720. The molecule has 3 rings (SSSR count). The van der Waals surface area contributed by atoms with Crippen molar-refractivity contribution in [3.8, 4) is 0 Å². The molecule has 2 aromatic carbocycles. The normalized spacial score (nSPS) is 14.7. The molecule has 0 aliphatic heterocycles. The standard InChI is InChI=1S/C19H16O2S2/c1-12-3-7-14(8-4-12)22-18-16(20)11-17(21)19(18)23-15-9-5-13(2)6-10-15/h3-10H,11H2,1-2H3. The van der Waals surface area contributed by atoms with Crippen LogP contribution in [0.2, 0.25) is 0 Å². The highest BCUT2D eigenvalue weighted by Crippen LogP contribution is 2.42. The first-order valence-electron chi connectivity index (χ1n) is 7.32. The van der Waals surface area contributed by atoms with E-state index in [4.69, 9.17) is 0 Å². The molecule has 2 aromatic rings. The average molecular weight is 340 g/mol. The lowest BCUT2D eigenvalue weighted by molar-refractivity contribution is -0.120. The number of thioether (sulfide) groups is 2. The number of carbonyl (C=O) groups excluding carboxylic acids is 2. The third-order valence-corrected chi connectivity index (χ3v) is 5.93. The first-order chi connectivity index (χ1) is 11.0. The summed E-state index contributed by atoms with van der Waals surface area (Å²) in [5, 5.41) is 0. The average Bonchev–Trinajstić information content (AvgIpc) is 2.78. The highest BCUT2D eigenvalue weighted by Gasteiger charge is 2.32. The van der Waals surface area contributed by atoms with E-state index in [0.29, 0.717) is 9.81 Å². The lowest BCUT2D eigenvalue weighted by Crippen LogP contribution is -1.95. The van der Waals surface area contributed by atoms with E-state index in [9.17, 15) is 9.59 Å². The number of Topliss-reactive ketones (excluding diaryl/α,β-unsaturated/α-hetero) is 2. The summed E-state index contributed by atoms with van der Waals surface area (Å²) in [7, 11) is 0. The summed E-state index contributed by atoms with van der Waals surface area (Å²) in [5.74, 6) is -0.148. The van der Waals surface area contributed by atoms with Crippen molar-refractivity contribution >= 4 is 35.1 Å². The first kappa shape index (κ1) is 16.1. The van der Waals surface area contributed by atoms with Gasteiger partial charge >= 0.3 is 0 Å². The van der Waals surface area contributed by atoms with E-state index in [-0.39, 0.29) is 18.0 Å². The maximum absolute atomic E-state index is 12.2. The Morgan fingerprint density at radius 2 is 1.00 bits per heavy atom. The lowest BCUT2D eigenvalue weighted by atomic mass is 10.2. The third-order valence-electron chi connectivity index (χ3n) is 3.52. The van der Waals surface area contributed by atoms with Crippen LogP contribution in [-0.2, 0) is 9.59 Å². The molecule has 0 aromatic heterocycles. The van der Waals surface area contributed by atoms with Crippen molar-refractivity contribution in [3.63, 3.8) is 0 Å². The Kier molecular flexibility index (Phi) is 4.74. The van der Waals surface area contributed by atoms with E-state index in [0.717, 1.165) is 9.79 Å². The largest absolute Gasteiger partial charge is 0.293 e. The summed E-state index contributed by atoms with van der Waals surface area (Å²) in [6.07, 6.45) is -0.0115. The molecular weight excluding hydrogens is 324 g/mol. The molecule has 0 saturated heterocycles. The van der Waals surface area contributed by atoms with Gasteiger partial charge in [-0.2, -0.15) is 0 Å². The third kappa shape index (κ3) is 3.77. The molecule has 0 amide bonds. The molecule has 0 spiro atoms. The summed E-state index contributed by atoms with van der Waals surface area (Å²) in [6.45, 7) is 4.05. The van der Waals surface area contributed by atoms with Gasteiger partial charge in [0.1, 0.15) is 0 Å². The van der Waals surface area contributed by atoms with Crippen LogP contribution in [-0.4, -0.2) is 11.6 Å². The van der Waals surface area contributed by atoms with Crippen LogP contribution < -0.4 is 0 Å². The SMILES string of the molecule is Cc1ccc(SC2=C(Sc3ccc(C)cc3)C(=O)CC2=O)cc1. The van der Waals surface area contributed by atoms with Gasteiger partial charge in [-0.1, -0.05) is 58.9 Å². The lowest BCUT2D eigenvalue weighted by Gasteiger charge is -2.06. The van der Waals surface area contributed by atoms with Crippen LogP contribution >= 0.6 is 23.5 Å². The van der Waals surface area contributed by atoms with E-state index >= 15 is 0 Å². The van der Waals surface area contributed by atoms with Crippen molar-refractivity contribution in [3.05, 3.63) is 69.5 Å². The molecule has 0 unspecified atom stereocenters. The Morgan fingerprint density at radius 1 is 0.652 bits per heavy atom. The summed E-state index contributed by atoms with van der Waals surface area (Å²) in [5.41, 5.74) is 2.35. The number of ketones is 2. The van der Waals surface area contributed by atoms with Crippen LogP contribution in [0.25, 0.3) is 0 Å². The van der Waals surface area contributed by atoms with Gasteiger partial charge < -0.3 is 0 Å². The van der Waals surface area contributed by atoms with Gasteiger partial charge in [-0.05, 0) is 38.1 Å². The predicted octanol–water partition coefficient (Wildman–Crippen LogP) is 4.94. The van der Waals surface area contributed by atoms with Gasteiger partial charge in [-0.25, -0.2) is 0 Å². The van der Waals surface area contributed by atoms with Crippen LogP contribution in [0.1, 0.15) is 17.5 Å². The van der Waals surface area contributed by atoms with Crippen LogP contribution in [0.5, 0.6) is 0 Å². The second-order valence-corrected chi connectivity index (χ2v) is 7.68. The Hall–Kier alpha value is -1.78. The fourth-order valence-electron chi connectivity index (χ4n) is 2.21. The van der Waals surface area contributed by atoms with E-state index in [1.165, 1.54) is 34.7 Å². The van der Waals surface area contributed by atoms with Crippen LogP contribution in [0.4, 0.5) is 0 Å². The first-order valence-corrected chi connectivity index (χ1v) is 8.96. The molecule has 116 valence electrons. The molecule has 0 fully saturated rings. The van der Waals surface area contributed by atoms with Crippen molar-refractivity contribution in [1.29, 1.82) is 0 Å². The monoisotopic (exact) mass is 340 g/mol. The maximum Gasteiger partial charge on any atom is 0.178 e. The number of benzene rings is 2. The zero-order chi connectivity index (χ0) is 16.4. The summed E-state index contributed by atoms with van der Waals surface area (Å²) >= 11 is 2.78. The fraction of sp³-hybridized carbons (Fsp3) is 0.158. The number of rotatable bonds is 4. The van der Waals surface area contributed by atoms with Gasteiger partial charge in [0.25, 0.3) is 0 Å².